The van der Waals surface area contributed by atoms with Crippen molar-refractivity contribution in [1.82, 2.24) is 4.98 Å². The predicted octanol–water partition coefficient (Wildman–Crippen LogP) is 1.25. The van der Waals surface area contributed by atoms with Gasteiger partial charge < -0.3 is 21.1 Å². The smallest absolute Gasteiger partial charge is 0.262 e. The average molecular weight is 284 g/mol. The van der Waals surface area contributed by atoms with Crippen LogP contribution < -0.4 is 21.1 Å². The van der Waals surface area contributed by atoms with Crippen molar-refractivity contribution >= 4 is 28.9 Å². The summed E-state index contributed by atoms with van der Waals surface area (Å²) in [4.78, 5) is 27.3. The summed E-state index contributed by atoms with van der Waals surface area (Å²) in [6, 6.07) is 6.53. The molecule has 106 valence electrons. The van der Waals surface area contributed by atoms with Crippen molar-refractivity contribution in [3.63, 3.8) is 0 Å². The van der Waals surface area contributed by atoms with E-state index < -0.39 is 0 Å². The maximum atomic E-state index is 12.1. The van der Waals surface area contributed by atoms with E-state index in [1.54, 1.807) is 24.3 Å². The molecule has 2 aromatic rings. The maximum absolute atomic E-state index is 12.1. The van der Waals surface area contributed by atoms with E-state index in [4.69, 9.17) is 10.5 Å². The third kappa shape index (κ3) is 2.62. The van der Waals surface area contributed by atoms with Crippen molar-refractivity contribution in [2.24, 2.45) is 0 Å². The van der Waals surface area contributed by atoms with Crippen LogP contribution in [0.1, 0.15) is 10.4 Å². The molecule has 0 radical (unpaired) electrons. The Bertz CT molecular complexity index is 730. The van der Waals surface area contributed by atoms with E-state index in [-0.39, 0.29) is 24.0 Å². The number of hydrogen-bond acceptors (Lipinski definition) is 5. The Balaban J connectivity index is 1.82. The van der Waals surface area contributed by atoms with Crippen molar-refractivity contribution in [3.05, 3.63) is 42.2 Å². The number of carbonyl (C=O) groups excluding carboxylic acids is 2. The summed E-state index contributed by atoms with van der Waals surface area (Å²) >= 11 is 0. The number of anilines is 3. The van der Waals surface area contributed by atoms with Crippen LogP contribution in [-0.2, 0) is 4.79 Å². The SMILES string of the molecule is Nc1ccncc1C(=O)Nc1ccc2c(c1)NC(=O)CO2. The highest BCUT2D eigenvalue weighted by atomic mass is 16.5. The molecule has 21 heavy (non-hydrogen) atoms. The van der Waals surface area contributed by atoms with Crippen LogP contribution in [0.25, 0.3) is 0 Å². The minimum absolute atomic E-state index is 0.00900. The predicted molar refractivity (Wildman–Crippen MR) is 77.2 cm³/mol. The Morgan fingerprint density at radius 3 is 3.05 bits per heavy atom. The van der Waals surface area contributed by atoms with E-state index in [2.05, 4.69) is 15.6 Å². The number of ether oxygens (including phenoxy) is 1. The summed E-state index contributed by atoms with van der Waals surface area (Å²) in [6.45, 7) is -0.00900. The van der Waals surface area contributed by atoms with Crippen LogP contribution in [0.15, 0.2) is 36.7 Å². The largest absolute Gasteiger partial charge is 0.482 e. The molecule has 0 aliphatic carbocycles. The Morgan fingerprint density at radius 1 is 1.38 bits per heavy atom. The molecule has 1 aromatic heterocycles. The van der Waals surface area contributed by atoms with Gasteiger partial charge in [0.05, 0.1) is 11.3 Å². The van der Waals surface area contributed by atoms with E-state index in [0.29, 0.717) is 22.8 Å². The lowest BCUT2D eigenvalue weighted by Gasteiger charge is -2.18. The molecule has 1 aromatic carbocycles. The summed E-state index contributed by atoms with van der Waals surface area (Å²) in [7, 11) is 0. The molecule has 0 saturated carbocycles. The zero-order valence-corrected chi connectivity index (χ0v) is 10.9. The summed E-state index contributed by atoms with van der Waals surface area (Å²) in [5.41, 5.74) is 7.40. The first kappa shape index (κ1) is 12.9. The molecule has 1 aliphatic heterocycles. The lowest BCUT2D eigenvalue weighted by molar-refractivity contribution is -0.118. The summed E-state index contributed by atoms with van der Waals surface area (Å²) < 4.78 is 5.24. The van der Waals surface area contributed by atoms with Crippen molar-refractivity contribution in [2.75, 3.05) is 23.0 Å². The number of benzene rings is 1. The van der Waals surface area contributed by atoms with Crippen LogP contribution >= 0.6 is 0 Å². The number of pyridine rings is 1. The second kappa shape index (κ2) is 5.12. The third-order valence-electron chi connectivity index (χ3n) is 2.97. The second-order valence-corrected chi connectivity index (χ2v) is 4.46. The van der Waals surface area contributed by atoms with Crippen LogP contribution in [0, 0.1) is 0 Å². The minimum atomic E-state index is -0.372. The zero-order chi connectivity index (χ0) is 14.8. The number of fused-ring (bicyclic) bond motifs is 1. The summed E-state index contributed by atoms with van der Waals surface area (Å²) in [5.74, 6) is -0.0421. The lowest BCUT2D eigenvalue weighted by Crippen LogP contribution is -2.25. The molecular formula is C14H12N4O3. The molecule has 0 bridgehead atoms. The van der Waals surface area contributed by atoms with Crippen molar-refractivity contribution in [1.29, 1.82) is 0 Å². The number of nitrogens with two attached hydrogens (primary N) is 1. The molecule has 1 aliphatic rings. The highest BCUT2D eigenvalue weighted by Crippen LogP contribution is 2.30. The third-order valence-corrected chi connectivity index (χ3v) is 2.97. The number of hydrogen-bond donors (Lipinski definition) is 3. The molecule has 2 heterocycles. The van der Waals surface area contributed by atoms with E-state index in [1.807, 2.05) is 0 Å². The molecule has 0 spiro atoms. The fraction of sp³-hybridized carbons (Fsp3) is 0.0714. The second-order valence-electron chi connectivity index (χ2n) is 4.46. The van der Waals surface area contributed by atoms with E-state index >= 15 is 0 Å². The van der Waals surface area contributed by atoms with Crippen LogP contribution in [0.4, 0.5) is 17.1 Å². The van der Waals surface area contributed by atoms with Gasteiger partial charge in [0.15, 0.2) is 6.61 Å². The van der Waals surface area contributed by atoms with E-state index in [9.17, 15) is 9.59 Å². The van der Waals surface area contributed by atoms with Gasteiger partial charge in [-0.15, -0.1) is 0 Å². The van der Waals surface area contributed by atoms with E-state index in [1.165, 1.54) is 12.4 Å². The van der Waals surface area contributed by atoms with Gasteiger partial charge in [0, 0.05) is 23.8 Å². The van der Waals surface area contributed by atoms with Gasteiger partial charge in [-0.1, -0.05) is 0 Å². The van der Waals surface area contributed by atoms with Crippen LogP contribution in [0.2, 0.25) is 0 Å². The molecule has 3 rings (SSSR count). The average Bonchev–Trinajstić information content (AvgIpc) is 2.47. The number of amides is 2. The van der Waals surface area contributed by atoms with Crippen LogP contribution in [-0.4, -0.2) is 23.4 Å². The molecule has 2 amide bonds. The van der Waals surface area contributed by atoms with Crippen LogP contribution in [0.3, 0.4) is 0 Å². The van der Waals surface area contributed by atoms with Gasteiger partial charge in [0.2, 0.25) is 0 Å². The van der Waals surface area contributed by atoms with Crippen molar-refractivity contribution < 1.29 is 14.3 Å². The molecule has 4 N–H and O–H groups in total. The number of nitrogen functional groups attached to an aromatic ring is 1. The fourth-order valence-electron chi connectivity index (χ4n) is 1.95. The van der Waals surface area contributed by atoms with Gasteiger partial charge in [-0.2, -0.15) is 0 Å². The molecule has 0 unspecified atom stereocenters. The minimum Gasteiger partial charge on any atom is -0.482 e. The molecule has 7 nitrogen and oxygen atoms in total. The monoisotopic (exact) mass is 284 g/mol. The first-order valence-corrected chi connectivity index (χ1v) is 6.21. The first-order chi connectivity index (χ1) is 10.1. The van der Waals surface area contributed by atoms with E-state index in [0.717, 1.165) is 0 Å². The summed E-state index contributed by atoms with van der Waals surface area (Å²) in [5, 5.41) is 5.37. The number of nitrogens with zero attached hydrogens (tertiary/aromatic N) is 1. The van der Waals surface area contributed by atoms with Gasteiger partial charge in [-0.3, -0.25) is 14.6 Å². The maximum Gasteiger partial charge on any atom is 0.262 e. The van der Waals surface area contributed by atoms with Crippen LogP contribution in [0.5, 0.6) is 5.75 Å². The highest BCUT2D eigenvalue weighted by molar-refractivity contribution is 6.08. The van der Waals surface area contributed by atoms with Crippen molar-refractivity contribution in [2.45, 2.75) is 0 Å². The highest BCUT2D eigenvalue weighted by Gasteiger charge is 2.17. The number of rotatable bonds is 2. The normalized spacial score (nSPS) is 12.9. The quantitative estimate of drug-likeness (QED) is 0.769. The molecule has 0 fully saturated rings. The molecule has 7 heteroatoms. The molecular weight excluding hydrogens is 272 g/mol. The number of aromatic nitrogens is 1. The first-order valence-electron chi connectivity index (χ1n) is 6.21. The fourth-order valence-corrected chi connectivity index (χ4v) is 1.95. The standard InChI is InChI=1S/C14H12N4O3/c15-10-3-4-16-6-9(10)14(20)17-8-1-2-12-11(5-8)18-13(19)7-21-12/h1-6H,7H2,(H2,15,16)(H,17,20)(H,18,19). The van der Waals surface area contributed by atoms with Gasteiger partial charge >= 0.3 is 0 Å². The molecule has 0 saturated heterocycles. The Labute approximate surface area is 120 Å². The zero-order valence-electron chi connectivity index (χ0n) is 10.9. The Hall–Kier alpha value is -3.09. The Morgan fingerprint density at radius 2 is 2.24 bits per heavy atom. The van der Waals surface area contributed by atoms with Gasteiger partial charge in [-0.05, 0) is 24.3 Å². The number of nitrogens with one attached hydrogen (secondary N) is 2. The van der Waals surface area contributed by atoms with Gasteiger partial charge in [0.25, 0.3) is 11.8 Å². The Kier molecular flexibility index (Phi) is 3.15. The van der Waals surface area contributed by atoms with Gasteiger partial charge in [0.1, 0.15) is 5.75 Å². The summed E-state index contributed by atoms with van der Waals surface area (Å²) in [6.07, 6.45) is 2.91. The number of carbonyl (C=O) groups is 2. The van der Waals surface area contributed by atoms with Crippen molar-refractivity contribution in [3.8, 4) is 5.75 Å². The van der Waals surface area contributed by atoms with Gasteiger partial charge in [-0.25, -0.2) is 0 Å². The topological polar surface area (TPSA) is 106 Å². The lowest BCUT2D eigenvalue weighted by atomic mass is 10.2. The molecule has 0 atom stereocenters.